The van der Waals surface area contributed by atoms with Crippen LogP contribution in [0.1, 0.15) is 43.0 Å². The lowest BCUT2D eigenvalue weighted by molar-refractivity contribution is -0.132. The van der Waals surface area contributed by atoms with Crippen molar-refractivity contribution in [2.75, 3.05) is 0 Å². The third kappa shape index (κ3) is 8.97. The molecule has 4 aromatic rings. The van der Waals surface area contributed by atoms with Crippen LogP contribution in [0.4, 0.5) is 0 Å². The predicted molar refractivity (Wildman–Crippen MR) is 166 cm³/mol. The minimum Gasteiger partial charge on any atom is -0.508 e. The minimum atomic E-state index is -4.20. The number of benzene rings is 4. The monoisotopic (exact) mass is 638 g/mol. The first-order chi connectivity index (χ1) is 20.6. The number of carbonyl (C=O) groups is 3. The third-order valence-corrected chi connectivity index (χ3v) is 8.04. The van der Waals surface area contributed by atoms with Gasteiger partial charge in [-0.1, -0.05) is 42.5 Å². The van der Waals surface area contributed by atoms with E-state index < -0.39 is 33.2 Å². The third-order valence-electron chi connectivity index (χ3n) is 6.19. The zero-order chi connectivity index (χ0) is 32.7. The van der Waals surface area contributed by atoms with Crippen LogP contribution in [0.5, 0.6) is 23.0 Å². The fourth-order valence-electron chi connectivity index (χ4n) is 4.11. The molecular weight excluding hydrogens is 607 g/mol. The molecule has 4 rings (SSSR count). The molecule has 1 unspecified atom stereocenters. The quantitative estimate of drug-likeness (QED) is 0.0863. The maximum atomic E-state index is 11.3. The second-order valence-electron chi connectivity index (χ2n) is 9.59. The molecule has 44 heavy (non-hydrogen) atoms. The van der Waals surface area contributed by atoms with E-state index in [4.69, 9.17) is 23.9 Å². The van der Waals surface area contributed by atoms with Gasteiger partial charge in [-0.3, -0.25) is 18.9 Å². The standard InChI is InChI=1S/C25H23O6P.C7H8O4S/c1-16(26)29-22-10-4-19(5-11-22)25(32,20-6-12-23(13-7-20)30-17(2)27)21-8-14-24(15-9-21)31-18(3)28;1-5-2-3-6(4-7(5)8)12(9,10)11/h4-15H,32H2,1-3H3;2-4,8H,1H3,(H,9,10,11). The van der Waals surface area contributed by atoms with Gasteiger partial charge in [-0.05, 0) is 71.6 Å². The van der Waals surface area contributed by atoms with Crippen LogP contribution in [0.25, 0.3) is 0 Å². The summed E-state index contributed by atoms with van der Waals surface area (Å²) in [6.45, 7) is 5.68. The predicted octanol–water partition coefficient (Wildman–Crippen LogP) is 5.58. The summed E-state index contributed by atoms with van der Waals surface area (Å²) in [7, 11) is -1.32. The van der Waals surface area contributed by atoms with E-state index in [0.29, 0.717) is 22.8 Å². The fraction of sp³-hybridized carbons (Fsp3) is 0.156. The summed E-state index contributed by atoms with van der Waals surface area (Å²) in [5, 5.41) is 8.41. The maximum absolute atomic E-state index is 11.3. The van der Waals surface area contributed by atoms with E-state index in [1.165, 1.54) is 32.9 Å². The van der Waals surface area contributed by atoms with Gasteiger partial charge < -0.3 is 19.3 Å². The molecule has 0 aliphatic carbocycles. The Balaban J connectivity index is 0.000000369. The summed E-state index contributed by atoms with van der Waals surface area (Å²) in [5.41, 5.74) is 3.30. The normalized spacial score (nSPS) is 11.0. The summed E-state index contributed by atoms with van der Waals surface area (Å²) in [6, 6.07) is 25.3. The van der Waals surface area contributed by atoms with Crippen molar-refractivity contribution < 1.29 is 46.7 Å². The number of aryl methyl sites for hydroxylation is 1. The molecule has 0 saturated heterocycles. The van der Waals surface area contributed by atoms with Crippen molar-refractivity contribution >= 4 is 37.3 Å². The maximum Gasteiger partial charge on any atom is 0.308 e. The number of phenols is 1. The molecule has 0 fully saturated rings. The second-order valence-corrected chi connectivity index (χ2v) is 11.9. The molecule has 2 N–H and O–H groups in total. The van der Waals surface area contributed by atoms with Crippen molar-refractivity contribution in [3.63, 3.8) is 0 Å². The second kappa shape index (κ2) is 14.3. The first-order valence-corrected chi connectivity index (χ1v) is 15.0. The Bertz CT molecular complexity index is 1600. The highest BCUT2D eigenvalue weighted by atomic mass is 32.2. The Kier molecular flexibility index (Phi) is 11.0. The van der Waals surface area contributed by atoms with Gasteiger partial charge >= 0.3 is 17.9 Å². The van der Waals surface area contributed by atoms with Gasteiger partial charge in [0, 0.05) is 26.8 Å². The van der Waals surface area contributed by atoms with E-state index in [2.05, 4.69) is 9.24 Å². The smallest absolute Gasteiger partial charge is 0.308 e. The van der Waals surface area contributed by atoms with Crippen molar-refractivity contribution in [2.45, 2.75) is 37.7 Å². The van der Waals surface area contributed by atoms with Gasteiger partial charge in [-0.25, -0.2) is 0 Å². The zero-order valence-electron chi connectivity index (χ0n) is 24.3. The lowest BCUT2D eigenvalue weighted by Crippen LogP contribution is -2.21. The first kappa shape index (κ1) is 33.9. The zero-order valence-corrected chi connectivity index (χ0v) is 26.3. The molecule has 230 valence electrons. The van der Waals surface area contributed by atoms with E-state index in [1.807, 2.05) is 36.4 Å². The molecule has 10 nitrogen and oxygen atoms in total. The van der Waals surface area contributed by atoms with Crippen molar-refractivity contribution in [1.82, 2.24) is 0 Å². The molecule has 0 bridgehead atoms. The number of ether oxygens (including phenoxy) is 3. The summed E-state index contributed by atoms with van der Waals surface area (Å²) < 4.78 is 45.1. The number of rotatable bonds is 7. The molecule has 0 heterocycles. The number of esters is 3. The SMILES string of the molecule is CC(=O)Oc1ccc(C(P)(c2ccc(OC(C)=O)cc2)c2ccc(OC(C)=O)cc2)cc1.Cc1ccc(S(=O)(=O)O)cc1O. The average molecular weight is 639 g/mol. The van der Waals surface area contributed by atoms with Crippen LogP contribution in [-0.4, -0.2) is 36.0 Å². The van der Waals surface area contributed by atoms with E-state index in [9.17, 15) is 22.8 Å². The first-order valence-electron chi connectivity index (χ1n) is 13.0. The molecule has 0 spiro atoms. The van der Waals surface area contributed by atoms with Crippen LogP contribution < -0.4 is 14.2 Å². The Labute approximate surface area is 257 Å². The lowest BCUT2D eigenvalue weighted by Gasteiger charge is -2.32. The van der Waals surface area contributed by atoms with E-state index in [0.717, 1.165) is 22.8 Å². The molecule has 1 atom stereocenters. The van der Waals surface area contributed by atoms with Crippen LogP contribution >= 0.6 is 9.24 Å². The van der Waals surface area contributed by atoms with E-state index in [1.54, 1.807) is 43.3 Å². The molecule has 0 amide bonds. The highest BCUT2D eigenvalue weighted by Crippen LogP contribution is 2.46. The molecule has 0 radical (unpaired) electrons. The minimum absolute atomic E-state index is 0.148. The van der Waals surface area contributed by atoms with E-state index in [-0.39, 0.29) is 10.6 Å². The fourth-order valence-corrected chi connectivity index (χ4v) is 5.18. The van der Waals surface area contributed by atoms with Gasteiger partial charge in [-0.15, -0.1) is 9.24 Å². The van der Waals surface area contributed by atoms with Crippen LogP contribution in [0.15, 0.2) is 95.9 Å². The number of carbonyl (C=O) groups excluding carboxylic acids is 3. The van der Waals surface area contributed by atoms with Crippen molar-refractivity contribution in [2.24, 2.45) is 0 Å². The van der Waals surface area contributed by atoms with Crippen molar-refractivity contribution in [3.05, 3.63) is 113 Å². The topological polar surface area (TPSA) is 153 Å². The van der Waals surface area contributed by atoms with Crippen LogP contribution in [0, 0.1) is 6.92 Å². The molecule has 0 aliphatic heterocycles. The van der Waals surface area contributed by atoms with Crippen molar-refractivity contribution in [3.8, 4) is 23.0 Å². The number of hydrogen-bond acceptors (Lipinski definition) is 9. The van der Waals surface area contributed by atoms with E-state index >= 15 is 0 Å². The van der Waals surface area contributed by atoms with Gasteiger partial charge in [0.25, 0.3) is 10.1 Å². The Morgan fingerprint density at radius 1 is 0.636 bits per heavy atom. The molecule has 0 saturated carbocycles. The summed E-state index contributed by atoms with van der Waals surface area (Å²) in [6.07, 6.45) is 0. The molecule has 0 aromatic heterocycles. The van der Waals surface area contributed by atoms with Gasteiger partial charge in [0.15, 0.2) is 0 Å². The van der Waals surface area contributed by atoms with Crippen LogP contribution in [-0.2, 0) is 29.7 Å². The number of hydrogen-bond donors (Lipinski definition) is 2. The van der Waals surface area contributed by atoms with Gasteiger partial charge in [0.2, 0.25) is 0 Å². The Morgan fingerprint density at radius 3 is 1.20 bits per heavy atom. The molecule has 4 aromatic carbocycles. The lowest BCUT2D eigenvalue weighted by atomic mass is 9.84. The molecular formula is C32H31O10PS. The van der Waals surface area contributed by atoms with Crippen LogP contribution in [0.2, 0.25) is 0 Å². The summed E-state index contributed by atoms with van der Waals surface area (Å²) in [4.78, 5) is 33.5. The van der Waals surface area contributed by atoms with Gasteiger partial charge in [0.05, 0.1) is 10.1 Å². The summed E-state index contributed by atoms with van der Waals surface area (Å²) in [5.74, 6) is 0.0215. The number of aromatic hydroxyl groups is 1. The van der Waals surface area contributed by atoms with Gasteiger partial charge in [-0.2, -0.15) is 8.42 Å². The molecule has 0 aliphatic rings. The van der Waals surface area contributed by atoms with Crippen molar-refractivity contribution in [1.29, 1.82) is 0 Å². The van der Waals surface area contributed by atoms with Gasteiger partial charge in [0.1, 0.15) is 23.0 Å². The molecule has 12 heteroatoms. The highest BCUT2D eigenvalue weighted by molar-refractivity contribution is 7.85. The Morgan fingerprint density at radius 2 is 0.955 bits per heavy atom. The Hall–Kier alpha value is -4.57. The highest BCUT2D eigenvalue weighted by Gasteiger charge is 2.32. The number of phenolic OH excluding ortho intramolecular Hbond substituents is 1. The summed E-state index contributed by atoms with van der Waals surface area (Å²) >= 11 is 0. The van der Waals surface area contributed by atoms with Crippen LogP contribution in [0.3, 0.4) is 0 Å². The average Bonchev–Trinajstić information content (AvgIpc) is 2.94. The largest absolute Gasteiger partial charge is 0.508 e.